The highest BCUT2D eigenvalue weighted by Gasteiger charge is 2.51. The minimum absolute atomic E-state index is 0.557. The standard InChI is InChI=1S/C19H13BF2N2/c21-20(22)23-11-3-7-17(23)19(18-8-4-12-24(18)20)16-10-9-14-5-1-2-6-15(14)13-16/h1-13H. The number of aromatic nitrogens is 1. The Hall–Kier alpha value is -2.95. The summed E-state index contributed by atoms with van der Waals surface area (Å²) in [5, 5.41) is 2.24. The minimum atomic E-state index is -3.84. The molecule has 3 aromatic rings. The Morgan fingerprint density at radius 2 is 1.75 bits per heavy atom. The summed E-state index contributed by atoms with van der Waals surface area (Å²) in [6.07, 6.45) is 6.35. The lowest BCUT2D eigenvalue weighted by atomic mass is 9.86. The number of rotatable bonds is 1. The molecular formula is C19H13BF2N2. The Labute approximate surface area is 137 Å². The Morgan fingerprint density at radius 3 is 2.62 bits per heavy atom. The second-order valence-corrected chi connectivity index (χ2v) is 6.13. The van der Waals surface area contributed by atoms with Crippen LogP contribution in [0.25, 0.3) is 16.3 Å². The van der Waals surface area contributed by atoms with E-state index in [-0.39, 0.29) is 0 Å². The number of allylic oxidation sites excluding steroid dienone is 2. The van der Waals surface area contributed by atoms with Crippen molar-refractivity contribution in [1.82, 2.24) is 4.48 Å². The lowest BCUT2D eigenvalue weighted by Gasteiger charge is -2.30. The number of nitrogens with zero attached hydrogens (tertiary/aromatic N) is 2. The van der Waals surface area contributed by atoms with Crippen molar-refractivity contribution in [2.75, 3.05) is 0 Å². The van der Waals surface area contributed by atoms with E-state index < -0.39 is 6.97 Å². The van der Waals surface area contributed by atoms with Crippen LogP contribution in [0.1, 0.15) is 11.3 Å². The van der Waals surface area contributed by atoms with Crippen molar-refractivity contribution in [2.24, 2.45) is 0 Å². The molecular weight excluding hydrogens is 305 g/mol. The summed E-state index contributed by atoms with van der Waals surface area (Å²) in [7, 11) is 0. The minimum Gasteiger partial charge on any atom is -0.396 e. The normalized spacial score (nSPS) is 17.8. The van der Waals surface area contributed by atoms with Crippen molar-refractivity contribution in [3.63, 3.8) is 0 Å². The van der Waals surface area contributed by atoms with Gasteiger partial charge in [0.05, 0.1) is 5.57 Å². The molecule has 0 saturated heterocycles. The number of fused-ring (bicyclic) bond motifs is 3. The quantitative estimate of drug-likeness (QED) is 0.592. The van der Waals surface area contributed by atoms with Gasteiger partial charge in [-0.25, -0.2) is 0 Å². The lowest BCUT2D eigenvalue weighted by Crippen LogP contribution is -2.49. The molecule has 116 valence electrons. The van der Waals surface area contributed by atoms with Gasteiger partial charge >= 0.3 is 6.97 Å². The molecule has 0 spiro atoms. The number of hydrogen-bond acceptors (Lipinski definition) is 0. The van der Waals surface area contributed by atoms with Crippen LogP contribution in [0.2, 0.25) is 0 Å². The fourth-order valence-electron chi connectivity index (χ4n) is 3.66. The highest BCUT2D eigenvalue weighted by atomic mass is 19.2. The van der Waals surface area contributed by atoms with Crippen LogP contribution in [0, 0.1) is 0 Å². The second-order valence-electron chi connectivity index (χ2n) is 6.13. The summed E-state index contributed by atoms with van der Waals surface area (Å²) in [5.74, 6) is 0. The van der Waals surface area contributed by atoms with Gasteiger partial charge in [0.25, 0.3) is 0 Å². The molecule has 0 saturated carbocycles. The molecule has 1 aromatic heterocycles. The van der Waals surface area contributed by atoms with Gasteiger partial charge in [-0.2, -0.15) is 0 Å². The molecule has 0 aliphatic carbocycles. The average molecular weight is 318 g/mol. The zero-order chi connectivity index (χ0) is 16.3. The van der Waals surface area contributed by atoms with E-state index in [0.717, 1.165) is 30.9 Å². The monoisotopic (exact) mass is 318 g/mol. The van der Waals surface area contributed by atoms with E-state index in [1.807, 2.05) is 36.4 Å². The SMILES string of the molecule is F[B-]1(F)n2cccc2C(c2ccc3ccccc3c2)=C2C=CC=[N+]21. The first-order valence-corrected chi connectivity index (χ1v) is 7.89. The van der Waals surface area contributed by atoms with Crippen LogP contribution < -0.4 is 0 Å². The van der Waals surface area contributed by atoms with Gasteiger partial charge < -0.3 is 17.6 Å². The molecule has 0 radical (unpaired) electrons. The van der Waals surface area contributed by atoms with Crippen LogP contribution in [0.15, 0.2) is 78.6 Å². The second kappa shape index (κ2) is 4.54. The van der Waals surface area contributed by atoms with Crippen LogP contribution in [0.4, 0.5) is 8.63 Å². The van der Waals surface area contributed by atoms with E-state index in [1.54, 1.807) is 24.3 Å². The van der Waals surface area contributed by atoms with Crippen molar-refractivity contribution >= 4 is 29.5 Å². The van der Waals surface area contributed by atoms with Gasteiger partial charge in [-0.05, 0) is 40.7 Å². The molecule has 0 N–H and O–H groups in total. The van der Waals surface area contributed by atoms with E-state index in [0.29, 0.717) is 11.4 Å². The molecule has 2 aliphatic heterocycles. The average Bonchev–Trinajstić information content (AvgIpc) is 3.25. The van der Waals surface area contributed by atoms with Crippen LogP contribution >= 0.6 is 0 Å². The molecule has 24 heavy (non-hydrogen) atoms. The molecule has 0 bridgehead atoms. The van der Waals surface area contributed by atoms with Gasteiger partial charge in [0.15, 0.2) is 5.70 Å². The maximum Gasteiger partial charge on any atom is 0.737 e. The van der Waals surface area contributed by atoms with E-state index in [2.05, 4.69) is 6.07 Å². The molecule has 0 atom stereocenters. The number of halogens is 2. The van der Waals surface area contributed by atoms with Crippen LogP contribution in [-0.4, -0.2) is 22.1 Å². The third-order valence-electron chi connectivity index (χ3n) is 4.78. The third-order valence-corrected chi connectivity index (χ3v) is 4.78. The van der Waals surface area contributed by atoms with Crippen LogP contribution in [0.5, 0.6) is 0 Å². The topological polar surface area (TPSA) is 7.94 Å². The summed E-state index contributed by atoms with van der Waals surface area (Å²) < 4.78 is 31.7. The molecule has 5 rings (SSSR count). The summed E-state index contributed by atoms with van der Waals surface area (Å²) in [6.45, 7) is -3.84. The maximum atomic E-state index is 14.8. The third kappa shape index (κ3) is 1.67. The molecule has 5 heteroatoms. The van der Waals surface area contributed by atoms with Gasteiger partial charge in [-0.3, -0.25) is 0 Å². The Balaban J connectivity index is 1.83. The first-order valence-electron chi connectivity index (χ1n) is 7.89. The highest BCUT2D eigenvalue weighted by molar-refractivity contribution is 6.57. The van der Waals surface area contributed by atoms with Crippen molar-refractivity contribution < 1.29 is 13.1 Å². The maximum absolute atomic E-state index is 14.8. The molecule has 0 unspecified atom stereocenters. The molecule has 2 nitrogen and oxygen atoms in total. The fraction of sp³-hybridized carbons (Fsp3) is 0. The zero-order valence-electron chi connectivity index (χ0n) is 12.7. The summed E-state index contributed by atoms with van der Waals surface area (Å²) >= 11 is 0. The molecule has 0 amide bonds. The van der Waals surface area contributed by atoms with E-state index in [1.165, 1.54) is 12.4 Å². The number of benzene rings is 2. The van der Waals surface area contributed by atoms with Crippen LogP contribution in [0.3, 0.4) is 0 Å². The highest BCUT2D eigenvalue weighted by Crippen LogP contribution is 2.38. The predicted octanol–water partition coefficient (Wildman–Crippen LogP) is 4.29. The zero-order valence-corrected chi connectivity index (χ0v) is 12.7. The molecule has 0 fully saturated rings. The summed E-state index contributed by atoms with van der Waals surface area (Å²) in [6, 6.07) is 17.6. The largest absolute Gasteiger partial charge is 0.737 e. The molecule has 2 aliphatic rings. The fourth-order valence-corrected chi connectivity index (χ4v) is 3.66. The van der Waals surface area contributed by atoms with Gasteiger partial charge in [0.1, 0.15) is 6.21 Å². The van der Waals surface area contributed by atoms with E-state index in [9.17, 15) is 8.63 Å². The van der Waals surface area contributed by atoms with Gasteiger partial charge in [0, 0.05) is 17.8 Å². The number of hydrogen-bond donors (Lipinski definition) is 0. The van der Waals surface area contributed by atoms with Crippen molar-refractivity contribution in [1.29, 1.82) is 0 Å². The Morgan fingerprint density at radius 1 is 0.917 bits per heavy atom. The van der Waals surface area contributed by atoms with Gasteiger partial charge in [-0.15, -0.1) is 0 Å². The van der Waals surface area contributed by atoms with E-state index in [4.69, 9.17) is 0 Å². The van der Waals surface area contributed by atoms with Gasteiger partial charge in [0.2, 0.25) is 0 Å². The van der Waals surface area contributed by atoms with Crippen LogP contribution in [-0.2, 0) is 0 Å². The van der Waals surface area contributed by atoms with E-state index >= 15 is 0 Å². The predicted molar refractivity (Wildman–Crippen MR) is 93.2 cm³/mol. The summed E-state index contributed by atoms with van der Waals surface area (Å²) in [5.41, 5.74) is 2.89. The Kier molecular flexibility index (Phi) is 2.55. The first kappa shape index (κ1) is 13.5. The van der Waals surface area contributed by atoms with Crippen molar-refractivity contribution in [3.8, 4) is 0 Å². The summed E-state index contributed by atoms with van der Waals surface area (Å²) in [4.78, 5) is 0. The first-order chi connectivity index (χ1) is 11.7. The molecule has 2 aromatic carbocycles. The molecule has 3 heterocycles. The van der Waals surface area contributed by atoms with Crippen molar-refractivity contribution in [3.05, 3.63) is 89.9 Å². The van der Waals surface area contributed by atoms with Gasteiger partial charge in [-0.1, -0.05) is 36.4 Å². The van der Waals surface area contributed by atoms with Crippen molar-refractivity contribution in [2.45, 2.75) is 0 Å². The lowest BCUT2D eigenvalue weighted by molar-refractivity contribution is -0.356. The Bertz CT molecular complexity index is 1090. The smallest absolute Gasteiger partial charge is 0.396 e.